The third-order valence-corrected chi connectivity index (χ3v) is 7.65. The van der Waals surface area contributed by atoms with E-state index in [1.54, 1.807) is 0 Å². The van der Waals surface area contributed by atoms with Gasteiger partial charge in [0.1, 0.15) is 11.5 Å². The van der Waals surface area contributed by atoms with Crippen molar-refractivity contribution < 1.29 is 10.2 Å². The van der Waals surface area contributed by atoms with E-state index in [9.17, 15) is 10.2 Å². The van der Waals surface area contributed by atoms with Crippen LogP contribution in [-0.2, 0) is 13.1 Å². The van der Waals surface area contributed by atoms with Crippen LogP contribution in [0.1, 0.15) is 44.2 Å². The topological polar surface area (TPSA) is 64.5 Å². The van der Waals surface area contributed by atoms with E-state index in [1.165, 1.54) is 12.8 Å². The summed E-state index contributed by atoms with van der Waals surface area (Å²) in [6.07, 6.45) is 3.54. The number of rotatable bonds is 14. The summed E-state index contributed by atoms with van der Waals surface area (Å²) in [5.41, 5.74) is 5.63. The highest BCUT2D eigenvalue weighted by Crippen LogP contribution is 2.33. The van der Waals surface area contributed by atoms with Gasteiger partial charge in [-0.05, 0) is 42.5 Å². The molecule has 0 unspecified atom stereocenters. The average molecular weight is 523 g/mol. The zero-order chi connectivity index (χ0) is 27.5. The van der Waals surface area contributed by atoms with Gasteiger partial charge in [-0.15, -0.1) is 0 Å². The Balaban J connectivity index is 1.33. The maximum Gasteiger partial charge on any atom is 0.127 e. The van der Waals surface area contributed by atoms with Gasteiger partial charge in [-0.1, -0.05) is 124 Å². The number of phenolic OH excluding ortho intramolecular Hbond substituents is 2. The Labute approximate surface area is 233 Å². The first-order valence-corrected chi connectivity index (χ1v) is 14.2. The highest BCUT2D eigenvalue weighted by atomic mass is 16.3. The Morgan fingerprint density at radius 3 is 1.59 bits per heavy atom. The van der Waals surface area contributed by atoms with E-state index >= 15 is 0 Å². The molecule has 4 aromatic carbocycles. The Morgan fingerprint density at radius 2 is 1.10 bits per heavy atom. The average Bonchev–Trinajstić information content (AvgIpc) is 2.97. The molecule has 0 aliphatic heterocycles. The van der Waals surface area contributed by atoms with Crippen LogP contribution < -0.4 is 10.6 Å². The molecular weight excluding hydrogens is 480 g/mol. The van der Waals surface area contributed by atoms with E-state index in [1.807, 2.05) is 97.1 Å². The van der Waals surface area contributed by atoms with E-state index in [-0.39, 0.29) is 0 Å². The summed E-state index contributed by atoms with van der Waals surface area (Å²) in [6, 6.07) is 32.0. The smallest absolute Gasteiger partial charge is 0.127 e. The molecule has 0 bridgehead atoms. The molecule has 0 saturated heterocycles. The van der Waals surface area contributed by atoms with Crippen molar-refractivity contribution in [2.75, 3.05) is 13.1 Å². The van der Waals surface area contributed by atoms with E-state index in [2.05, 4.69) is 24.5 Å². The van der Waals surface area contributed by atoms with Crippen LogP contribution in [0.4, 0.5) is 0 Å². The highest BCUT2D eigenvalue weighted by Gasteiger charge is 2.18. The molecule has 4 nitrogen and oxygen atoms in total. The molecule has 0 aromatic heterocycles. The van der Waals surface area contributed by atoms with Crippen LogP contribution in [0.15, 0.2) is 97.1 Å². The van der Waals surface area contributed by atoms with Gasteiger partial charge in [0.2, 0.25) is 0 Å². The summed E-state index contributed by atoms with van der Waals surface area (Å²) in [6.45, 7) is 7.58. The predicted octanol–water partition coefficient (Wildman–Crippen LogP) is 7.75. The van der Waals surface area contributed by atoms with Crippen LogP contribution in [-0.4, -0.2) is 23.3 Å². The molecule has 0 aliphatic rings. The molecule has 0 heterocycles. The summed E-state index contributed by atoms with van der Waals surface area (Å²) in [7, 11) is 0. The predicted molar refractivity (Wildman–Crippen MR) is 163 cm³/mol. The molecule has 0 amide bonds. The number of hydrogen-bond donors (Lipinski definition) is 4. The Kier molecular flexibility index (Phi) is 10.6. The van der Waals surface area contributed by atoms with Crippen LogP contribution >= 0.6 is 0 Å². The maximum atomic E-state index is 10.9. The lowest BCUT2D eigenvalue weighted by Crippen LogP contribution is -2.32. The second-order valence-corrected chi connectivity index (χ2v) is 10.5. The van der Waals surface area contributed by atoms with Crippen LogP contribution in [0, 0.1) is 11.8 Å². The molecule has 0 aliphatic carbocycles. The summed E-state index contributed by atoms with van der Waals surface area (Å²) in [4.78, 5) is 0. The van der Waals surface area contributed by atoms with E-state index in [4.69, 9.17) is 0 Å². The third kappa shape index (κ3) is 7.72. The normalized spacial score (nSPS) is 12.8. The summed E-state index contributed by atoms with van der Waals surface area (Å²) < 4.78 is 0. The summed E-state index contributed by atoms with van der Waals surface area (Å²) in [5, 5.41) is 29.0. The maximum absolute atomic E-state index is 10.9. The van der Waals surface area contributed by atoms with Crippen LogP contribution in [0.25, 0.3) is 22.3 Å². The van der Waals surface area contributed by atoms with Gasteiger partial charge in [-0.2, -0.15) is 0 Å². The molecular formula is C35H42N2O2. The number of nitrogens with one attached hydrogen (secondary N) is 2. The monoisotopic (exact) mass is 522 g/mol. The van der Waals surface area contributed by atoms with Crippen molar-refractivity contribution >= 4 is 0 Å². The Bertz CT molecular complexity index is 1290. The van der Waals surface area contributed by atoms with Gasteiger partial charge in [-0.3, -0.25) is 0 Å². The zero-order valence-corrected chi connectivity index (χ0v) is 23.2. The zero-order valence-electron chi connectivity index (χ0n) is 23.2. The van der Waals surface area contributed by atoms with Crippen molar-refractivity contribution in [3.05, 3.63) is 108 Å². The molecule has 4 rings (SSSR count). The van der Waals surface area contributed by atoms with Crippen LogP contribution in [0.2, 0.25) is 0 Å². The van der Waals surface area contributed by atoms with Crippen LogP contribution in [0.5, 0.6) is 11.5 Å². The number of unbranched alkanes of at least 4 members (excludes halogenated alkanes) is 1. The molecule has 2 atom stereocenters. The van der Waals surface area contributed by atoms with Crippen molar-refractivity contribution in [2.45, 2.75) is 46.2 Å². The molecule has 204 valence electrons. The number of phenols is 2. The molecule has 0 saturated carbocycles. The number of benzene rings is 4. The third-order valence-electron chi connectivity index (χ3n) is 7.65. The van der Waals surface area contributed by atoms with E-state index in [0.29, 0.717) is 36.4 Å². The molecule has 4 aromatic rings. The number of aromatic hydroxyl groups is 2. The molecule has 39 heavy (non-hydrogen) atoms. The van der Waals surface area contributed by atoms with Gasteiger partial charge in [0.25, 0.3) is 0 Å². The first-order chi connectivity index (χ1) is 19.1. The largest absolute Gasteiger partial charge is 0.507 e. The summed E-state index contributed by atoms with van der Waals surface area (Å²) >= 11 is 0. The minimum atomic E-state index is 0.352. The van der Waals surface area contributed by atoms with Gasteiger partial charge >= 0.3 is 0 Å². The first-order valence-electron chi connectivity index (χ1n) is 14.2. The molecule has 4 N–H and O–H groups in total. The van der Waals surface area contributed by atoms with E-state index < -0.39 is 0 Å². The van der Waals surface area contributed by atoms with Gasteiger partial charge in [0.15, 0.2) is 0 Å². The second-order valence-electron chi connectivity index (χ2n) is 10.5. The lowest BCUT2D eigenvalue weighted by Gasteiger charge is -2.25. The molecule has 0 spiro atoms. The molecule has 4 heteroatoms. The fourth-order valence-electron chi connectivity index (χ4n) is 5.22. The SMILES string of the molecule is CCCC[C@@H](CNCc1cccc(-c2ccccc2)c1O)[C@@H](C)CNCc1cccc(-c2ccccc2)c1O. The van der Waals surface area contributed by atoms with Crippen molar-refractivity contribution in [3.63, 3.8) is 0 Å². The lowest BCUT2D eigenvalue weighted by molar-refractivity contribution is 0.300. The first kappa shape index (κ1) is 28.4. The van der Waals surface area contributed by atoms with Crippen molar-refractivity contribution in [3.8, 4) is 33.8 Å². The fraction of sp³-hybridized carbons (Fsp3) is 0.314. The quantitative estimate of drug-likeness (QED) is 0.137. The van der Waals surface area contributed by atoms with Gasteiger partial charge in [0.05, 0.1) is 0 Å². The second kappa shape index (κ2) is 14.5. The van der Waals surface area contributed by atoms with Gasteiger partial charge in [-0.25, -0.2) is 0 Å². The lowest BCUT2D eigenvalue weighted by atomic mass is 9.88. The van der Waals surface area contributed by atoms with E-state index in [0.717, 1.165) is 52.9 Å². The van der Waals surface area contributed by atoms with Crippen molar-refractivity contribution in [1.82, 2.24) is 10.6 Å². The van der Waals surface area contributed by atoms with Gasteiger partial charge in [0, 0.05) is 35.3 Å². The number of hydrogen-bond acceptors (Lipinski definition) is 4. The summed E-state index contributed by atoms with van der Waals surface area (Å²) in [5.74, 6) is 1.69. The Hall–Kier alpha value is -3.60. The van der Waals surface area contributed by atoms with Crippen LogP contribution in [0.3, 0.4) is 0 Å². The highest BCUT2D eigenvalue weighted by molar-refractivity contribution is 5.72. The Morgan fingerprint density at radius 1 is 0.615 bits per heavy atom. The standard InChI is InChI=1S/C35H42N2O2/c1-3-4-13-29(23-37-25-31-19-12-21-33(35(31)39)28-16-9-6-10-17-28)26(2)22-36-24-30-18-11-20-32(34(30)38)27-14-7-5-8-15-27/h5-12,14-21,26,29,36-39H,3-4,13,22-25H2,1-2H3/t26-,29-/m0/s1. The molecule has 0 fully saturated rings. The van der Waals surface area contributed by atoms with Crippen molar-refractivity contribution in [2.24, 2.45) is 11.8 Å². The van der Waals surface area contributed by atoms with Crippen molar-refractivity contribution in [1.29, 1.82) is 0 Å². The minimum absolute atomic E-state index is 0.352. The molecule has 0 radical (unpaired) electrons. The fourth-order valence-corrected chi connectivity index (χ4v) is 5.22. The minimum Gasteiger partial charge on any atom is -0.507 e. The number of para-hydroxylation sites is 2. The van der Waals surface area contributed by atoms with Gasteiger partial charge < -0.3 is 20.8 Å².